The molecule has 0 bridgehead atoms. The number of rotatable bonds is 4. The average molecular weight is 360 g/mol. The first-order valence-electron chi connectivity index (χ1n) is 7.04. The normalized spacial score (nSPS) is 22.6. The van der Waals surface area contributed by atoms with Gasteiger partial charge < -0.3 is 10.6 Å². The third kappa shape index (κ3) is 3.54. The second kappa shape index (κ2) is 6.92. The fourth-order valence-corrected chi connectivity index (χ4v) is 3.23. The Kier molecular flexibility index (Phi) is 5.47. The van der Waals surface area contributed by atoms with Gasteiger partial charge in [0.25, 0.3) is 0 Å². The summed E-state index contributed by atoms with van der Waals surface area (Å²) in [5.41, 5.74) is 0.469. The van der Waals surface area contributed by atoms with Gasteiger partial charge in [-0.1, -0.05) is 24.9 Å². The number of carbonyl (C=O) groups is 1. The van der Waals surface area contributed by atoms with Gasteiger partial charge in [-0.15, -0.1) is 0 Å². The number of amides is 1. The minimum atomic E-state index is -0.285. The van der Waals surface area contributed by atoms with Gasteiger partial charge in [0.05, 0.1) is 10.4 Å². The van der Waals surface area contributed by atoms with Gasteiger partial charge in [0.15, 0.2) is 0 Å². The van der Waals surface area contributed by atoms with Crippen molar-refractivity contribution in [1.29, 1.82) is 0 Å². The number of halogens is 2. The van der Waals surface area contributed by atoms with E-state index < -0.39 is 0 Å². The zero-order valence-electron chi connectivity index (χ0n) is 11.6. The molecule has 0 aromatic heterocycles. The average Bonchev–Trinajstić information content (AvgIpc) is 2.44. The lowest BCUT2D eigenvalue weighted by Gasteiger charge is -2.36. The van der Waals surface area contributed by atoms with Crippen LogP contribution < -0.4 is 10.6 Å². The molecule has 1 aliphatic rings. The SMILES string of the molecule is CCCC1(C(=O)Nc2ccc(Br)c(Cl)c2)CCCNC1. The van der Waals surface area contributed by atoms with Crippen LogP contribution in [0.4, 0.5) is 5.69 Å². The van der Waals surface area contributed by atoms with Gasteiger partial charge in [-0.2, -0.15) is 0 Å². The maximum Gasteiger partial charge on any atom is 0.231 e. The smallest absolute Gasteiger partial charge is 0.231 e. The Bertz CT molecular complexity index is 481. The van der Waals surface area contributed by atoms with E-state index >= 15 is 0 Å². The number of piperidine rings is 1. The van der Waals surface area contributed by atoms with E-state index in [4.69, 9.17) is 11.6 Å². The van der Waals surface area contributed by atoms with E-state index in [0.717, 1.165) is 48.9 Å². The Labute approximate surface area is 133 Å². The predicted octanol–water partition coefficient (Wildman–Crippen LogP) is 4.21. The van der Waals surface area contributed by atoms with Crippen LogP contribution in [-0.2, 0) is 4.79 Å². The van der Waals surface area contributed by atoms with E-state index in [1.807, 2.05) is 12.1 Å². The zero-order valence-corrected chi connectivity index (χ0v) is 14.0. The van der Waals surface area contributed by atoms with E-state index in [1.54, 1.807) is 6.07 Å². The lowest BCUT2D eigenvalue weighted by Crippen LogP contribution is -2.48. The lowest BCUT2D eigenvalue weighted by molar-refractivity contribution is -0.127. The molecule has 1 saturated heterocycles. The number of benzene rings is 1. The summed E-state index contributed by atoms with van der Waals surface area (Å²) < 4.78 is 0.833. The van der Waals surface area contributed by atoms with Crippen molar-refractivity contribution in [3.05, 3.63) is 27.7 Å². The fourth-order valence-electron chi connectivity index (χ4n) is 2.80. The molecule has 1 aromatic carbocycles. The Morgan fingerprint density at radius 3 is 2.95 bits per heavy atom. The monoisotopic (exact) mass is 358 g/mol. The maximum atomic E-state index is 12.7. The van der Waals surface area contributed by atoms with E-state index in [1.165, 1.54) is 0 Å². The summed E-state index contributed by atoms with van der Waals surface area (Å²) in [5, 5.41) is 6.98. The number of hydrogen-bond donors (Lipinski definition) is 2. The molecule has 1 aliphatic heterocycles. The van der Waals surface area contributed by atoms with Crippen LogP contribution in [-0.4, -0.2) is 19.0 Å². The van der Waals surface area contributed by atoms with Crippen LogP contribution in [0.3, 0.4) is 0 Å². The first-order chi connectivity index (χ1) is 9.57. The second-order valence-electron chi connectivity index (χ2n) is 5.39. The van der Waals surface area contributed by atoms with Crippen molar-refractivity contribution in [2.24, 2.45) is 5.41 Å². The van der Waals surface area contributed by atoms with Crippen LogP contribution >= 0.6 is 27.5 Å². The van der Waals surface area contributed by atoms with Crippen molar-refractivity contribution >= 4 is 39.1 Å². The molecule has 3 nitrogen and oxygen atoms in total. The molecule has 1 aromatic rings. The molecule has 20 heavy (non-hydrogen) atoms. The molecule has 0 aliphatic carbocycles. The number of nitrogens with one attached hydrogen (secondary N) is 2. The molecule has 110 valence electrons. The van der Waals surface area contributed by atoms with Crippen molar-refractivity contribution < 1.29 is 4.79 Å². The Hall–Kier alpha value is -0.580. The summed E-state index contributed by atoms with van der Waals surface area (Å²) in [6.45, 7) is 3.89. The molecule has 0 spiro atoms. The molecule has 1 unspecified atom stereocenters. The zero-order chi connectivity index (χ0) is 14.6. The first-order valence-corrected chi connectivity index (χ1v) is 8.22. The molecular weight excluding hydrogens is 340 g/mol. The van der Waals surface area contributed by atoms with Crippen molar-refractivity contribution in [3.8, 4) is 0 Å². The summed E-state index contributed by atoms with van der Waals surface area (Å²) in [6, 6.07) is 5.49. The molecule has 1 amide bonds. The summed E-state index contributed by atoms with van der Waals surface area (Å²) >= 11 is 9.42. The molecule has 1 heterocycles. The standard InChI is InChI=1S/C15H20BrClN2O/c1-2-6-15(7-3-8-18-10-15)14(20)19-11-4-5-12(16)13(17)9-11/h4-5,9,18H,2-3,6-8,10H2,1H3,(H,19,20). The van der Waals surface area contributed by atoms with Crippen molar-refractivity contribution in [3.63, 3.8) is 0 Å². The minimum Gasteiger partial charge on any atom is -0.326 e. The van der Waals surface area contributed by atoms with Crippen molar-refractivity contribution in [2.75, 3.05) is 18.4 Å². The van der Waals surface area contributed by atoms with Crippen molar-refractivity contribution in [2.45, 2.75) is 32.6 Å². The third-order valence-corrected chi connectivity index (χ3v) is 5.09. The Morgan fingerprint density at radius 2 is 2.35 bits per heavy atom. The summed E-state index contributed by atoms with van der Waals surface area (Å²) in [5.74, 6) is 0.102. The lowest BCUT2D eigenvalue weighted by atomic mass is 9.76. The molecular formula is C15H20BrClN2O. The number of anilines is 1. The summed E-state index contributed by atoms with van der Waals surface area (Å²) in [4.78, 5) is 12.7. The molecule has 5 heteroatoms. The van der Waals surface area contributed by atoms with Crippen molar-refractivity contribution in [1.82, 2.24) is 5.32 Å². The Balaban J connectivity index is 2.13. The molecule has 2 N–H and O–H groups in total. The van der Waals surface area contributed by atoms with Gasteiger partial charge >= 0.3 is 0 Å². The number of hydrogen-bond acceptors (Lipinski definition) is 2. The predicted molar refractivity (Wildman–Crippen MR) is 87.2 cm³/mol. The van der Waals surface area contributed by atoms with Gasteiger partial charge in [0, 0.05) is 16.7 Å². The number of carbonyl (C=O) groups excluding carboxylic acids is 1. The highest BCUT2D eigenvalue weighted by Crippen LogP contribution is 2.34. The van der Waals surface area contributed by atoms with Crippen LogP contribution in [0, 0.1) is 5.41 Å². The molecule has 0 saturated carbocycles. The molecule has 2 rings (SSSR count). The van der Waals surface area contributed by atoms with Gasteiger partial charge in [0.2, 0.25) is 5.91 Å². The van der Waals surface area contributed by atoms with E-state index in [0.29, 0.717) is 5.02 Å². The van der Waals surface area contributed by atoms with Crippen LogP contribution in [0.15, 0.2) is 22.7 Å². The van der Waals surface area contributed by atoms with Gasteiger partial charge in [0.1, 0.15) is 0 Å². The minimum absolute atomic E-state index is 0.102. The molecule has 1 fully saturated rings. The fraction of sp³-hybridized carbons (Fsp3) is 0.533. The van der Waals surface area contributed by atoms with Crippen LogP contribution in [0.5, 0.6) is 0 Å². The summed E-state index contributed by atoms with van der Waals surface area (Å²) in [6.07, 6.45) is 3.92. The van der Waals surface area contributed by atoms with Crippen LogP contribution in [0.2, 0.25) is 5.02 Å². The highest BCUT2D eigenvalue weighted by molar-refractivity contribution is 9.10. The van der Waals surface area contributed by atoms with Gasteiger partial charge in [-0.05, 0) is 59.9 Å². The van der Waals surface area contributed by atoms with E-state index in [-0.39, 0.29) is 11.3 Å². The van der Waals surface area contributed by atoms with Crippen LogP contribution in [0.25, 0.3) is 0 Å². The first kappa shape index (κ1) is 15.8. The highest BCUT2D eigenvalue weighted by Gasteiger charge is 2.38. The third-order valence-electron chi connectivity index (χ3n) is 3.86. The summed E-state index contributed by atoms with van der Waals surface area (Å²) in [7, 11) is 0. The largest absolute Gasteiger partial charge is 0.326 e. The van der Waals surface area contributed by atoms with Gasteiger partial charge in [-0.25, -0.2) is 0 Å². The van der Waals surface area contributed by atoms with Crippen LogP contribution in [0.1, 0.15) is 32.6 Å². The Morgan fingerprint density at radius 1 is 1.55 bits per heavy atom. The molecule has 1 atom stereocenters. The second-order valence-corrected chi connectivity index (χ2v) is 6.66. The van der Waals surface area contributed by atoms with E-state index in [2.05, 4.69) is 33.5 Å². The maximum absolute atomic E-state index is 12.7. The van der Waals surface area contributed by atoms with Gasteiger partial charge in [-0.3, -0.25) is 4.79 Å². The van der Waals surface area contributed by atoms with E-state index in [9.17, 15) is 4.79 Å². The highest BCUT2D eigenvalue weighted by atomic mass is 79.9. The molecule has 0 radical (unpaired) electrons. The topological polar surface area (TPSA) is 41.1 Å². The quantitative estimate of drug-likeness (QED) is 0.845.